The summed E-state index contributed by atoms with van der Waals surface area (Å²) in [5.41, 5.74) is 2.78. The van der Waals surface area contributed by atoms with Crippen LogP contribution in [0.2, 0.25) is 0 Å². The van der Waals surface area contributed by atoms with Gasteiger partial charge in [-0.3, -0.25) is 0 Å². The summed E-state index contributed by atoms with van der Waals surface area (Å²) in [7, 11) is 0. The number of nitrogens with zero attached hydrogens (tertiary/aromatic N) is 3. The van der Waals surface area contributed by atoms with Crippen LogP contribution < -0.4 is 4.74 Å². The summed E-state index contributed by atoms with van der Waals surface area (Å²) >= 11 is 0. The molecule has 1 heterocycles. The molecule has 120 valence electrons. The van der Waals surface area contributed by atoms with Crippen molar-refractivity contribution in [2.45, 2.75) is 13.5 Å². The van der Waals surface area contributed by atoms with Crippen molar-refractivity contribution in [1.29, 1.82) is 5.26 Å². The van der Waals surface area contributed by atoms with E-state index in [-0.39, 0.29) is 12.3 Å². The topological polar surface area (TPSA) is 74.6 Å². The van der Waals surface area contributed by atoms with Gasteiger partial charge in [0.1, 0.15) is 24.1 Å². The number of hydrogen-bond donors (Lipinski definition) is 1. The van der Waals surface area contributed by atoms with Gasteiger partial charge in [0.2, 0.25) is 0 Å². The zero-order chi connectivity index (χ0) is 17.1. The van der Waals surface area contributed by atoms with Crippen LogP contribution in [0.5, 0.6) is 5.75 Å². The van der Waals surface area contributed by atoms with Crippen molar-refractivity contribution in [2.24, 2.45) is 0 Å². The first-order valence-electron chi connectivity index (χ1n) is 7.07. The van der Waals surface area contributed by atoms with Gasteiger partial charge < -0.3 is 4.74 Å². The predicted octanol–water partition coefficient (Wildman–Crippen LogP) is 3.51. The van der Waals surface area contributed by atoms with E-state index in [4.69, 9.17) is 10.00 Å². The maximum absolute atomic E-state index is 13.2. The normalized spacial score (nSPS) is 10.4. The van der Waals surface area contributed by atoms with E-state index in [1.54, 1.807) is 12.1 Å². The molecule has 0 saturated carbocycles. The molecular formula is C17H12F2N4O. The molecule has 0 aliphatic carbocycles. The third-order valence-corrected chi connectivity index (χ3v) is 3.37. The molecule has 0 radical (unpaired) electrons. The molecule has 0 saturated heterocycles. The Kier molecular flexibility index (Phi) is 4.20. The number of hydrogen-bond acceptors (Lipinski definition) is 4. The maximum Gasteiger partial charge on any atom is 0.163 e. The average Bonchev–Trinajstić information content (AvgIpc) is 3.04. The molecule has 0 fully saturated rings. The first-order valence-corrected chi connectivity index (χ1v) is 7.07. The van der Waals surface area contributed by atoms with Crippen molar-refractivity contribution in [1.82, 2.24) is 15.4 Å². The molecule has 2 aromatic carbocycles. The molecule has 0 spiro atoms. The second-order valence-electron chi connectivity index (χ2n) is 5.22. The number of aromatic nitrogens is 3. The molecule has 0 unspecified atom stereocenters. The zero-order valence-electron chi connectivity index (χ0n) is 12.7. The minimum absolute atomic E-state index is 0.0873. The number of benzene rings is 2. The van der Waals surface area contributed by atoms with E-state index in [0.29, 0.717) is 22.6 Å². The fraction of sp³-hybridized carbons (Fsp3) is 0.118. The summed E-state index contributed by atoms with van der Waals surface area (Å²) in [5, 5.41) is 19.1. The molecule has 5 nitrogen and oxygen atoms in total. The molecule has 3 rings (SSSR count). The number of nitriles is 1. The Labute approximate surface area is 136 Å². The number of halogens is 2. The summed E-state index contributed by atoms with van der Waals surface area (Å²) in [6.45, 7) is 1.96. The smallest absolute Gasteiger partial charge is 0.163 e. The Hall–Kier alpha value is -3.27. The molecule has 24 heavy (non-hydrogen) atoms. The van der Waals surface area contributed by atoms with Crippen molar-refractivity contribution in [2.75, 3.05) is 0 Å². The van der Waals surface area contributed by atoms with Crippen LogP contribution in [-0.2, 0) is 6.61 Å². The largest absolute Gasteiger partial charge is 0.489 e. The minimum Gasteiger partial charge on any atom is -0.489 e. The lowest BCUT2D eigenvalue weighted by Crippen LogP contribution is -1.98. The SMILES string of the molecule is Cc1cc(OCc2ccc(F)c(F)c2)cc(-c2nn[nH]c2C#N)c1. The van der Waals surface area contributed by atoms with Crippen LogP contribution in [0.25, 0.3) is 11.3 Å². The summed E-state index contributed by atoms with van der Waals surface area (Å²) in [6, 6.07) is 11.0. The average molecular weight is 326 g/mol. The predicted molar refractivity (Wildman–Crippen MR) is 82.0 cm³/mol. The Morgan fingerprint density at radius 3 is 2.75 bits per heavy atom. The second-order valence-corrected chi connectivity index (χ2v) is 5.22. The van der Waals surface area contributed by atoms with Crippen molar-refractivity contribution >= 4 is 0 Å². The van der Waals surface area contributed by atoms with Gasteiger partial charge in [0.15, 0.2) is 17.3 Å². The lowest BCUT2D eigenvalue weighted by atomic mass is 10.1. The third kappa shape index (κ3) is 3.22. The number of nitrogens with one attached hydrogen (secondary N) is 1. The summed E-state index contributed by atoms with van der Waals surface area (Å²) in [5.74, 6) is -1.28. The van der Waals surface area contributed by atoms with E-state index in [0.717, 1.165) is 17.7 Å². The number of aromatic amines is 1. The van der Waals surface area contributed by atoms with Crippen LogP contribution >= 0.6 is 0 Å². The first kappa shape index (κ1) is 15.6. The van der Waals surface area contributed by atoms with Crippen LogP contribution in [-0.4, -0.2) is 15.4 Å². The van der Waals surface area contributed by atoms with Gasteiger partial charge in [-0.1, -0.05) is 11.3 Å². The van der Waals surface area contributed by atoms with E-state index >= 15 is 0 Å². The van der Waals surface area contributed by atoms with E-state index in [2.05, 4.69) is 15.4 Å². The molecular weight excluding hydrogens is 314 g/mol. The van der Waals surface area contributed by atoms with Gasteiger partial charge in [0.25, 0.3) is 0 Å². The highest BCUT2D eigenvalue weighted by molar-refractivity contribution is 5.66. The van der Waals surface area contributed by atoms with Gasteiger partial charge in [0, 0.05) is 5.56 Å². The highest BCUT2D eigenvalue weighted by Gasteiger charge is 2.11. The number of rotatable bonds is 4. The molecule has 0 atom stereocenters. The van der Waals surface area contributed by atoms with E-state index in [9.17, 15) is 8.78 Å². The lowest BCUT2D eigenvalue weighted by Gasteiger charge is -2.09. The molecule has 1 aromatic heterocycles. The van der Waals surface area contributed by atoms with Crippen LogP contribution in [0, 0.1) is 29.9 Å². The van der Waals surface area contributed by atoms with Crippen molar-refractivity contribution < 1.29 is 13.5 Å². The van der Waals surface area contributed by atoms with E-state index < -0.39 is 11.6 Å². The number of aryl methyl sites for hydroxylation is 1. The van der Waals surface area contributed by atoms with Crippen molar-refractivity contribution in [3.05, 3.63) is 64.9 Å². The van der Waals surface area contributed by atoms with Gasteiger partial charge >= 0.3 is 0 Å². The molecule has 0 amide bonds. The highest BCUT2D eigenvalue weighted by Crippen LogP contribution is 2.26. The van der Waals surface area contributed by atoms with Gasteiger partial charge in [-0.15, -0.1) is 5.10 Å². The van der Waals surface area contributed by atoms with Gasteiger partial charge in [0.05, 0.1) is 0 Å². The fourth-order valence-electron chi connectivity index (χ4n) is 2.27. The Morgan fingerprint density at radius 2 is 2.00 bits per heavy atom. The summed E-state index contributed by atoms with van der Waals surface area (Å²) < 4.78 is 31.8. The highest BCUT2D eigenvalue weighted by atomic mass is 19.2. The Balaban J connectivity index is 1.84. The maximum atomic E-state index is 13.2. The van der Waals surface area contributed by atoms with E-state index in [1.165, 1.54) is 6.07 Å². The van der Waals surface area contributed by atoms with E-state index in [1.807, 2.05) is 19.1 Å². The minimum atomic E-state index is -0.915. The monoisotopic (exact) mass is 326 g/mol. The van der Waals surface area contributed by atoms with Gasteiger partial charge in [-0.05, 0) is 48.4 Å². The first-order chi connectivity index (χ1) is 11.6. The third-order valence-electron chi connectivity index (χ3n) is 3.37. The van der Waals surface area contributed by atoms with Crippen molar-refractivity contribution in [3.63, 3.8) is 0 Å². The number of ether oxygens (including phenoxy) is 1. The lowest BCUT2D eigenvalue weighted by molar-refractivity contribution is 0.305. The molecule has 3 aromatic rings. The van der Waals surface area contributed by atoms with Crippen LogP contribution in [0.15, 0.2) is 36.4 Å². The Bertz CT molecular complexity index is 931. The van der Waals surface area contributed by atoms with Gasteiger partial charge in [-0.25, -0.2) is 13.9 Å². The molecule has 0 aliphatic heterocycles. The van der Waals surface area contributed by atoms with Crippen LogP contribution in [0.1, 0.15) is 16.8 Å². The summed E-state index contributed by atoms with van der Waals surface area (Å²) in [4.78, 5) is 0. The standard InChI is InChI=1S/C17H12F2N4O/c1-10-4-12(17-16(8-20)21-23-22-17)7-13(5-10)24-9-11-2-3-14(18)15(19)6-11/h2-7H,9H2,1H3,(H,21,22,23). The zero-order valence-corrected chi connectivity index (χ0v) is 12.7. The molecule has 1 N–H and O–H groups in total. The quantitative estimate of drug-likeness (QED) is 0.796. The number of H-pyrrole nitrogens is 1. The second kappa shape index (κ2) is 6.46. The van der Waals surface area contributed by atoms with Crippen LogP contribution in [0.4, 0.5) is 8.78 Å². The van der Waals surface area contributed by atoms with Gasteiger partial charge in [-0.2, -0.15) is 5.26 Å². The van der Waals surface area contributed by atoms with Crippen LogP contribution in [0.3, 0.4) is 0 Å². The summed E-state index contributed by atoms with van der Waals surface area (Å²) in [6.07, 6.45) is 0. The Morgan fingerprint density at radius 1 is 1.17 bits per heavy atom. The molecule has 0 aliphatic rings. The fourth-order valence-corrected chi connectivity index (χ4v) is 2.27. The molecule has 7 heteroatoms. The molecule has 0 bridgehead atoms. The van der Waals surface area contributed by atoms with Crippen molar-refractivity contribution in [3.8, 4) is 23.1 Å².